The Hall–Kier alpha value is -1.43. The van der Waals surface area contributed by atoms with Crippen LogP contribution >= 0.6 is 11.8 Å². The van der Waals surface area contributed by atoms with E-state index in [0.717, 1.165) is 10.7 Å². The van der Waals surface area contributed by atoms with Gasteiger partial charge in [-0.2, -0.15) is 18.3 Å². The van der Waals surface area contributed by atoms with Crippen molar-refractivity contribution in [3.63, 3.8) is 0 Å². The van der Waals surface area contributed by atoms with E-state index < -0.39 is 18.0 Å². The quantitative estimate of drug-likeness (QED) is 0.714. The second kappa shape index (κ2) is 3.86. The Balaban J connectivity index is 2.25. The first-order valence-corrected chi connectivity index (χ1v) is 4.74. The molecule has 2 rings (SSSR count). The SMILES string of the molecule is FC(F)(F)c1ccn(C2C=CC=CN2Cl)n1. The molecule has 7 heteroatoms. The zero-order valence-electron chi connectivity index (χ0n) is 7.89. The van der Waals surface area contributed by atoms with Gasteiger partial charge in [-0.15, -0.1) is 0 Å². The van der Waals surface area contributed by atoms with Crippen LogP contribution in [0.1, 0.15) is 11.9 Å². The van der Waals surface area contributed by atoms with Gasteiger partial charge in [0.15, 0.2) is 11.9 Å². The summed E-state index contributed by atoms with van der Waals surface area (Å²) in [5, 5.41) is 3.44. The van der Waals surface area contributed by atoms with Gasteiger partial charge in [0.1, 0.15) is 0 Å². The normalized spacial score (nSPS) is 20.5. The molecule has 0 fully saturated rings. The van der Waals surface area contributed by atoms with Crippen molar-refractivity contribution in [2.75, 3.05) is 0 Å². The molecule has 3 nitrogen and oxygen atoms in total. The molecule has 0 saturated heterocycles. The standard InChI is InChI=1S/C9H7ClF3N3/c10-15-5-2-1-3-8(15)16-6-4-7(14-16)9(11,12)13/h1-6,8H. The zero-order valence-corrected chi connectivity index (χ0v) is 8.65. The van der Waals surface area contributed by atoms with Crippen LogP contribution in [0.25, 0.3) is 0 Å². The minimum atomic E-state index is -4.43. The van der Waals surface area contributed by atoms with Crippen LogP contribution in [0.4, 0.5) is 13.2 Å². The number of allylic oxidation sites excluding steroid dienone is 2. The maximum atomic E-state index is 12.3. The molecule has 0 saturated carbocycles. The number of halogens is 4. The molecular weight excluding hydrogens is 243 g/mol. The summed E-state index contributed by atoms with van der Waals surface area (Å²) in [4.78, 5) is 0. The van der Waals surface area contributed by atoms with Crippen LogP contribution in [0.2, 0.25) is 0 Å². The number of nitrogens with zero attached hydrogens (tertiary/aromatic N) is 3. The van der Waals surface area contributed by atoms with Crippen molar-refractivity contribution >= 4 is 11.8 Å². The molecule has 2 heterocycles. The Kier molecular flexibility index (Phi) is 2.67. The average molecular weight is 250 g/mol. The summed E-state index contributed by atoms with van der Waals surface area (Å²) < 4.78 is 39.3. The minimum absolute atomic E-state index is 0.539. The van der Waals surface area contributed by atoms with Crippen LogP contribution in [-0.4, -0.2) is 14.2 Å². The fourth-order valence-corrected chi connectivity index (χ4v) is 1.52. The van der Waals surface area contributed by atoms with E-state index in [1.165, 1.54) is 10.6 Å². The number of aromatic nitrogens is 2. The number of alkyl halides is 3. The molecule has 0 radical (unpaired) electrons. The van der Waals surface area contributed by atoms with Crippen molar-refractivity contribution in [1.29, 1.82) is 0 Å². The predicted molar refractivity (Wildman–Crippen MR) is 52.2 cm³/mol. The highest BCUT2D eigenvalue weighted by atomic mass is 35.5. The summed E-state index contributed by atoms with van der Waals surface area (Å²) in [6, 6.07) is 0.914. The van der Waals surface area contributed by atoms with E-state index in [1.54, 1.807) is 24.4 Å². The molecule has 0 amide bonds. The molecule has 0 spiro atoms. The smallest absolute Gasteiger partial charge is 0.265 e. The van der Waals surface area contributed by atoms with Gasteiger partial charge in [-0.25, -0.2) is 4.68 Å². The van der Waals surface area contributed by atoms with Gasteiger partial charge >= 0.3 is 6.18 Å². The third-order valence-corrected chi connectivity index (χ3v) is 2.36. The van der Waals surface area contributed by atoms with Gasteiger partial charge in [-0.1, -0.05) is 6.08 Å². The highest BCUT2D eigenvalue weighted by Crippen LogP contribution is 2.29. The highest BCUT2D eigenvalue weighted by Gasteiger charge is 2.34. The monoisotopic (exact) mass is 249 g/mol. The molecule has 0 aliphatic carbocycles. The van der Waals surface area contributed by atoms with E-state index in [9.17, 15) is 13.2 Å². The molecule has 86 valence electrons. The minimum Gasteiger partial charge on any atom is -0.265 e. The Bertz CT molecular complexity index is 435. The Labute approximate surface area is 94.5 Å². The van der Waals surface area contributed by atoms with Crippen molar-refractivity contribution in [1.82, 2.24) is 14.2 Å². The van der Waals surface area contributed by atoms with Crippen molar-refractivity contribution < 1.29 is 13.2 Å². The third-order valence-electron chi connectivity index (χ3n) is 2.05. The maximum absolute atomic E-state index is 12.3. The van der Waals surface area contributed by atoms with Gasteiger partial charge in [-0.3, -0.25) is 4.42 Å². The van der Waals surface area contributed by atoms with Crippen molar-refractivity contribution in [3.05, 3.63) is 42.4 Å². The third kappa shape index (κ3) is 2.06. The highest BCUT2D eigenvalue weighted by molar-refractivity contribution is 6.14. The summed E-state index contributed by atoms with van der Waals surface area (Å²) in [6.45, 7) is 0. The van der Waals surface area contributed by atoms with E-state index in [2.05, 4.69) is 5.10 Å². The lowest BCUT2D eigenvalue weighted by atomic mass is 10.3. The number of rotatable bonds is 1. The molecule has 1 atom stereocenters. The van der Waals surface area contributed by atoms with Crippen LogP contribution in [0.15, 0.2) is 36.7 Å². The first kappa shape index (κ1) is 11.1. The molecule has 0 N–H and O–H groups in total. The molecule has 0 aromatic carbocycles. The van der Waals surface area contributed by atoms with Gasteiger partial charge in [0.05, 0.1) is 0 Å². The van der Waals surface area contributed by atoms with Crippen LogP contribution in [-0.2, 0) is 6.18 Å². The Morgan fingerprint density at radius 3 is 2.62 bits per heavy atom. The lowest BCUT2D eigenvalue weighted by Gasteiger charge is -2.23. The number of hydrogen-bond acceptors (Lipinski definition) is 2. The van der Waals surface area contributed by atoms with Gasteiger partial charge in [-0.05, 0) is 18.2 Å². The Morgan fingerprint density at radius 1 is 1.31 bits per heavy atom. The average Bonchev–Trinajstić information content (AvgIpc) is 2.66. The molecule has 1 unspecified atom stereocenters. The summed E-state index contributed by atoms with van der Waals surface area (Å²) in [5.41, 5.74) is -0.930. The lowest BCUT2D eigenvalue weighted by molar-refractivity contribution is -0.141. The second-order valence-electron chi connectivity index (χ2n) is 3.16. The fraction of sp³-hybridized carbons (Fsp3) is 0.222. The Morgan fingerprint density at radius 2 is 2.06 bits per heavy atom. The van der Waals surface area contributed by atoms with E-state index >= 15 is 0 Å². The van der Waals surface area contributed by atoms with Gasteiger partial charge in [0.25, 0.3) is 0 Å². The predicted octanol–water partition coefficient (Wildman–Crippen LogP) is 2.94. The lowest BCUT2D eigenvalue weighted by Crippen LogP contribution is -2.21. The van der Waals surface area contributed by atoms with E-state index in [0.29, 0.717) is 0 Å². The number of hydrogen-bond donors (Lipinski definition) is 0. The molecule has 1 aromatic heterocycles. The summed E-state index contributed by atoms with van der Waals surface area (Å²) in [6.07, 6.45) is 2.82. The van der Waals surface area contributed by atoms with E-state index in [1.807, 2.05) is 0 Å². The fourth-order valence-electron chi connectivity index (χ4n) is 1.30. The van der Waals surface area contributed by atoms with Crippen LogP contribution < -0.4 is 0 Å². The van der Waals surface area contributed by atoms with Crippen molar-refractivity contribution in [2.45, 2.75) is 12.3 Å². The molecule has 16 heavy (non-hydrogen) atoms. The first-order chi connectivity index (χ1) is 7.48. The van der Waals surface area contributed by atoms with E-state index in [-0.39, 0.29) is 0 Å². The molecule has 1 aliphatic heterocycles. The van der Waals surface area contributed by atoms with E-state index in [4.69, 9.17) is 11.8 Å². The summed E-state index contributed by atoms with van der Waals surface area (Å²) in [7, 11) is 0. The molecule has 1 aromatic rings. The molecule has 0 bridgehead atoms. The topological polar surface area (TPSA) is 21.1 Å². The summed E-state index contributed by atoms with van der Waals surface area (Å²) in [5.74, 6) is 0. The van der Waals surface area contributed by atoms with Crippen LogP contribution in [0.5, 0.6) is 0 Å². The summed E-state index contributed by atoms with van der Waals surface area (Å²) >= 11 is 5.79. The van der Waals surface area contributed by atoms with Crippen molar-refractivity contribution in [2.24, 2.45) is 0 Å². The van der Waals surface area contributed by atoms with Gasteiger partial charge in [0.2, 0.25) is 0 Å². The van der Waals surface area contributed by atoms with Crippen molar-refractivity contribution in [3.8, 4) is 0 Å². The van der Waals surface area contributed by atoms with Crippen LogP contribution in [0.3, 0.4) is 0 Å². The van der Waals surface area contributed by atoms with Gasteiger partial charge < -0.3 is 0 Å². The van der Waals surface area contributed by atoms with Gasteiger partial charge in [0, 0.05) is 24.2 Å². The largest absolute Gasteiger partial charge is 0.435 e. The molecular formula is C9H7ClF3N3. The molecule has 1 aliphatic rings. The van der Waals surface area contributed by atoms with Crippen LogP contribution in [0, 0.1) is 0 Å². The maximum Gasteiger partial charge on any atom is 0.435 e. The first-order valence-electron chi connectivity index (χ1n) is 4.40. The zero-order chi connectivity index (χ0) is 11.8. The second-order valence-corrected chi connectivity index (χ2v) is 3.55.